The first kappa shape index (κ1) is 11.8. The Morgan fingerprint density at radius 1 is 1.35 bits per heavy atom. The van der Waals surface area contributed by atoms with Crippen molar-refractivity contribution >= 4 is 10.8 Å². The van der Waals surface area contributed by atoms with Gasteiger partial charge in [-0.2, -0.15) is 5.10 Å². The fraction of sp³-hybridized carbons (Fsp3) is 0.385. The van der Waals surface area contributed by atoms with Crippen molar-refractivity contribution in [3.63, 3.8) is 0 Å². The van der Waals surface area contributed by atoms with E-state index in [9.17, 15) is 4.79 Å². The van der Waals surface area contributed by atoms with Gasteiger partial charge in [0.1, 0.15) is 0 Å². The molecule has 0 aliphatic heterocycles. The van der Waals surface area contributed by atoms with Crippen LogP contribution in [0.25, 0.3) is 10.8 Å². The predicted molar refractivity (Wildman–Crippen MR) is 68.8 cm³/mol. The van der Waals surface area contributed by atoms with E-state index in [1.807, 2.05) is 38.1 Å². The first-order valence-corrected chi connectivity index (χ1v) is 5.80. The highest BCUT2D eigenvalue weighted by molar-refractivity contribution is 5.80. The predicted octanol–water partition coefficient (Wildman–Crippen LogP) is 1.38. The van der Waals surface area contributed by atoms with Gasteiger partial charge in [0.2, 0.25) is 0 Å². The highest BCUT2D eigenvalue weighted by Gasteiger charge is 2.11. The summed E-state index contributed by atoms with van der Waals surface area (Å²) >= 11 is 0. The monoisotopic (exact) mass is 231 g/mol. The van der Waals surface area contributed by atoms with Gasteiger partial charge in [-0.3, -0.25) is 4.79 Å². The van der Waals surface area contributed by atoms with Gasteiger partial charge in [0.05, 0.1) is 18.1 Å². The quantitative estimate of drug-likeness (QED) is 0.868. The van der Waals surface area contributed by atoms with E-state index in [1.54, 1.807) is 6.20 Å². The molecule has 1 heterocycles. The maximum Gasteiger partial charge on any atom is 0.274 e. The Balaban J connectivity index is 2.43. The van der Waals surface area contributed by atoms with Crippen LogP contribution in [0, 0.1) is 5.92 Å². The van der Waals surface area contributed by atoms with E-state index in [1.165, 1.54) is 4.68 Å². The van der Waals surface area contributed by atoms with Crippen molar-refractivity contribution < 1.29 is 0 Å². The van der Waals surface area contributed by atoms with Crippen LogP contribution in [-0.4, -0.2) is 15.8 Å². The summed E-state index contributed by atoms with van der Waals surface area (Å²) in [5, 5.41) is 5.71. The number of hydrogen-bond donors (Lipinski definition) is 1. The fourth-order valence-electron chi connectivity index (χ4n) is 1.67. The van der Waals surface area contributed by atoms with Gasteiger partial charge in [-0.1, -0.05) is 32.0 Å². The zero-order valence-electron chi connectivity index (χ0n) is 10.1. The molecule has 90 valence electrons. The largest absolute Gasteiger partial charge is 0.326 e. The summed E-state index contributed by atoms with van der Waals surface area (Å²) in [4.78, 5) is 12.1. The molecule has 0 bridgehead atoms. The average molecular weight is 231 g/mol. The van der Waals surface area contributed by atoms with Gasteiger partial charge in [-0.25, -0.2) is 4.68 Å². The SMILES string of the molecule is CC(C)C(N)Cn1ncc2ccccc2c1=O. The lowest BCUT2D eigenvalue weighted by molar-refractivity contribution is 0.405. The second-order valence-electron chi connectivity index (χ2n) is 4.63. The lowest BCUT2D eigenvalue weighted by Crippen LogP contribution is -2.36. The molecule has 0 saturated carbocycles. The number of nitrogens with zero attached hydrogens (tertiary/aromatic N) is 2. The standard InChI is InChI=1S/C13H17N3O/c1-9(2)12(14)8-16-13(17)11-6-4-3-5-10(11)7-15-16/h3-7,9,12H,8,14H2,1-2H3. The number of benzene rings is 1. The Morgan fingerprint density at radius 3 is 2.76 bits per heavy atom. The Kier molecular flexibility index (Phi) is 3.24. The van der Waals surface area contributed by atoms with Crippen LogP contribution in [0.15, 0.2) is 35.3 Å². The molecule has 1 atom stereocenters. The van der Waals surface area contributed by atoms with Gasteiger partial charge in [-0.15, -0.1) is 0 Å². The van der Waals surface area contributed by atoms with E-state index < -0.39 is 0 Å². The molecule has 17 heavy (non-hydrogen) atoms. The van der Waals surface area contributed by atoms with Gasteiger partial charge in [0.25, 0.3) is 5.56 Å². The number of nitrogens with two attached hydrogens (primary N) is 1. The van der Waals surface area contributed by atoms with Crippen molar-refractivity contribution in [2.24, 2.45) is 11.7 Å². The number of rotatable bonds is 3. The van der Waals surface area contributed by atoms with Crippen molar-refractivity contribution in [2.75, 3.05) is 0 Å². The highest BCUT2D eigenvalue weighted by atomic mass is 16.1. The third kappa shape index (κ3) is 2.36. The van der Waals surface area contributed by atoms with Crippen molar-refractivity contribution in [2.45, 2.75) is 26.4 Å². The summed E-state index contributed by atoms with van der Waals surface area (Å²) in [6.45, 7) is 4.54. The molecule has 0 amide bonds. The molecule has 0 fully saturated rings. The Labute approximate surface area is 100 Å². The molecule has 0 spiro atoms. The minimum atomic E-state index is -0.0702. The highest BCUT2D eigenvalue weighted by Crippen LogP contribution is 2.07. The van der Waals surface area contributed by atoms with E-state index in [2.05, 4.69) is 5.10 Å². The van der Waals surface area contributed by atoms with Crippen molar-refractivity contribution in [3.05, 3.63) is 40.8 Å². The first-order valence-electron chi connectivity index (χ1n) is 5.80. The zero-order chi connectivity index (χ0) is 12.4. The van der Waals surface area contributed by atoms with Gasteiger partial charge in [0.15, 0.2) is 0 Å². The molecular weight excluding hydrogens is 214 g/mol. The van der Waals surface area contributed by atoms with Crippen LogP contribution in [0.4, 0.5) is 0 Å². The second kappa shape index (κ2) is 4.67. The molecule has 4 heteroatoms. The summed E-state index contributed by atoms with van der Waals surface area (Å²) in [5.41, 5.74) is 5.89. The smallest absolute Gasteiger partial charge is 0.274 e. The molecule has 0 radical (unpaired) electrons. The molecule has 0 saturated heterocycles. The summed E-state index contributed by atoms with van der Waals surface area (Å²) in [6.07, 6.45) is 1.71. The number of aromatic nitrogens is 2. The summed E-state index contributed by atoms with van der Waals surface area (Å²) in [5.74, 6) is 0.329. The summed E-state index contributed by atoms with van der Waals surface area (Å²) in [6, 6.07) is 7.40. The number of hydrogen-bond acceptors (Lipinski definition) is 3. The molecule has 2 rings (SSSR count). The Hall–Kier alpha value is -1.68. The molecule has 1 aromatic heterocycles. The normalized spacial score (nSPS) is 13.2. The maximum atomic E-state index is 12.1. The van der Waals surface area contributed by atoms with E-state index >= 15 is 0 Å². The van der Waals surface area contributed by atoms with Gasteiger partial charge in [0, 0.05) is 11.4 Å². The number of fused-ring (bicyclic) bond motifs is 1. The van der Waals surface area contributed by atoms with Crippen LogP contribution >= 0.6 is 0 Å². The van der Waals surface area contributed by atoms with E-state index in [0.29, 0.717) is 17.8 Å². The lowest BCUT2D eigenvalue weighted by atomic mass is 10.1. The molecular formula is C13H17N3O. The van der Waals surface area contributed by atoms with Crippen LogP contribution < -0.4 is 11.3 Å². The van der Waals surface area contributed by atoms with Crippen LogP contribution in [0.1, 0.15) is 13.8 Å². The molecule has 0 aliphatic rings. The van der Waals surface area contributed by atoms with Crippen LogP contribution in [0.2, 0.25) is 0 Å². The Morgan fingerprint density at radius 2 is 2.06 bits per heavy atom. The van der Waals surface area contributed by atoms with Gasteiger partial charge >= 0.3 is 0 Å². The van der Waals surface area contributed by atoms with E-state index in [0.717, 1.165) is 5.39 Å². The molecule has 2 aromatic rings. The first-order chi connectivity index (χ1) is 8.09. The maximum absolute atomic E-state index is 12.1. The van der Waals surface area contributed by atoms with Crippen molar-refractivity contribution in [3.8, 4) is 0 Å². The van der Waals surface area contributed by atoms with Crippen LogP contribution in [0.3, 0.4) is 0 Å². The zero-order valence-corrected chi connectivity index (χ0v) is 10.1. The molecule has 0 aliphatic carbocycles. The van der Waals surface area contributed by atoms with Crippen molar-refractivity contribution in [1.29, 1.82) is 0 Å². The third-order valence-corrected chi connectivity index (χ3v) is 3.00. The Bertz CT molecular complexity index is 574. The third-order valence-electron chi connectivity index (χ3n) is 3.00. The minimum Gasteiger partial charge on any atom is -0.326 e. The van der Waals surface area contributed by atoms with E-state index in [4.69, 9.17) is 5.73 Å². The van der Waals surface area contributed by atoms with Crippen molar-refractivity contribution in [1.82, 2.24) is 9.78 Å². The average Bonchev–Trinajstić information content (AvgIpc) is 2.33. The molecule has 1 aromatic carbocycles. The summed E-state index contributed by atoms with van der Waals surface area (Å²) in [7, 11) is 0. The second-order valence-corrected chi connectivity index (χ2v) is 4.63. The molecule has 1 unspecified atom stereocenters. The van der Waals surface area contributed by atoms with Crippen LogP contribution in [0.5, 0.6) is 0 Å². The van der Waals surface area contributed by atoms with E-state index in [-0.39, 0.29) is 11.6 Å². The van der Waals surface area contributed by atoms with Gasteiger partial charge in [-0.05, 0) is 12.0 Å². The van der Waals surface area contributed by atoms with Gasteiger partial charge < -0.3 is 5.73 Å². The minimum absolute atomic E-state index is 0.0543. The van der Waals surface area contributed by atoms with Crippen LogP contribution in [-0.2, 0) is 6.54 Å². The fourth-order valence-corrected chi connectivity index (χ4v) is 1.67. The lowest BCUT2D eigenvalue weighted by Gasteiger charge is -2.16. The molecule has 2 N–H and O–H groups in total. The topological polar surface area (TPSA) is 60.9 Å². The summed E-state index contributed by atoms with van der Waals surface area (Å²) < 4.78 is 1.45. The molecule has 4 nitrogen and oxygen atoms in total.